The molecule has 0 N–H and O–H groups in total. The van der Waals surface area contributed by atoms with Gasteiger partial charge in [0.25, 0.3) is 5.91 Å². The van der Waals surface area contributed by atoms with Crippen LogP contribution in [0.1, 0.15) is 27.8 Å². The molecular weight excluding hydrogens is 364 g/mol. The SMILES string of the molecule is Cc1nc2cc(OCc3nc(C(=O)N(C)CCCN(C)C)co3)ccc2s1. The van der Waals surface area contributed by atoms with Gasteiger partial charge in [-0.05, 0) is 46.1 Å². The molecule has 0 aliphatic rings. The molecule has 3 aromatic rings. The van der Waals surface area contributed by atoms with Crippen LogP contribution in [0, 0.1) is 6.92 Å². The fourth-order valence-electron chi connectivity index (χ4n) is 2.65. The molecule has 27 heavy (non-hydrogen) atoms. The number of fused-ring (bicyclic) bond motifs is 1. The van der Waals surface area contributed by atoms with E-state index in [-0.39, 0.29) is 12.5 Å². The Bertz CT molecular complexity index is 919. The molecular formula is C19H24N4O3S. The third kappa shape index (κ3) is 5.05. The maximum absolute atomic E-state index is 12.4. The van der Waals surface area contributed by atoms with E-state index < -0.39 is 0 Å². The molecule has 0 bridgehead atoms. The van der Waals surface area contributed by atoms with Gasteiger partial charge in [0.2, 0.25) is 5.89 Å². The number of benzene rings is 1. The molecule has 1 amide bonds. The van der Waals surface area contributed by atoms with Gasteiger partial charge in [0, 0.05) is 19.7 Å². The third-order valence-corrected chi connectivity index (χ3v) is 5.00. The van der Waals surface area contributed by atoms with Crippen molar-refractivity contribution >= 4 is 27.5 Å². The number of hydrogen-bond acceptors (Lipinski definition) is 7. The minimum Gasteiger partial charge on any atom is -0.484 e. The summed E-state index contributed by atoms with van der Waals surface area (Å²) < 4.78 is 12.2. The predicted octanol–water partition coefficient (Wildman–Crippen LogP) is 3.20. The first-order chi connectivity index (χ1) is 12.9. The van der Waals surface area contributed by atoms with Crippen LogP contribution in [0.2, 0.25) is 0 Å². The van der Waals surface area contributed by atoms with Crippen molar-refractivity contribution in [2.45, 2.75) is 20.0 Å². The van der Waals surface area contributed by atoms with Gasteiger partial charge < -0.3 is 19.0 Å². The highest BCUT2D eigenvalue weighted by Gasteiger charge is 2.17. The second-order valence-corrected chi connectivity index (χ2v) is 7.90. The number of thiazole rings is 1. The lowest BCUT2D eigenvalue weighted by Crippen LogP contribution is -2.30. The van der Waals surface area contributed by atoms with Crippen molar-refractivity contribution < 1.29 is 13.9 Å². The van der Waals surface area contributed by atoms with Crippen LogP contribution in [0.4, 0.5) is 0 Å². The fourth-order valence-corrected chi connectivity index (χ4v) is 3.46. The van der Waals surface area contributed by atoms with E-state index >= 15 is 0 Å². The second-order valence-electron chi connectivity index (χ2n) is 6.66. The summed E-state index contributed by atoms with van der Waals surface area (Å²) >= 11 is 1.65. The van der Waals surface area contributed by atoms with E-state index in [2.05, 4.69) is 14.9 Å². The van der Waals surface area contributed by atoms with E-state index in [0.29, 0.717) is 23.9 Å². The summed E-state index contributed by atoms with van der Waals surface area (Å²) in [6, 6.07) is 5.78. The first kappa shape index (κ1) is 19.3. The minimum absolute atomic E-state index is 0.150. The molecule has 0 saturated carbocycles. The number of oxazole rings is 1. The number of rotatable bonds is 8. The Balaban J connectivity index is 1.55. The monoisotopic (exact) mass is 388 g/mol. The van der Waals surface area contributed by atoms with Gasteiger partial charge in [0.1, 0.15) is 12.0 Å². The molecule has 0 atom stereocenters. The Morgan fingerprint density at radius 2 is 2.04 bits per heavy atom. The molecule has 0 spiro atoms. The van der Waals surface area contributed by atoms with Crippen LogP contribution in [-0.2, 0) is 6.61 Å². The Morgan fingerprint density at radius 3 is 2.81 bits per heavy atom. The first-order valence-corrected chi connectivity index (χ1v) is 9.58. The van der Waals surface area contributed by atoms with Crippen molar-refractivity contribution in [2.75, 3.05) is 34.2 Å². The number of carbonyl (C=O) groups excluding carboxylic acids is 1. The predicted molar refractivity (Wildman–Crippen MR) is 105 cm³/mol. The number of aromatic nitrogens is 2. The van der Waals surface area contributed by atoms with Crippen molar-refractivity contribution in [3.8, 4) is 5.75 Å². The van der Waals surface area contributed by atoms with Gasteiger partial charge in [-0.2, -0.15) is 0 Å². The fraction of sp³-hybridized carbons (Fsp3) is 0.421. The van der Waals surface area contributed by atoms with Crippen molar-refractivity contribution in [3.63, 3.8) is 0 Å². The summed E-state index contributed by atoms with van der Waals surface area (Å²) in [7, 11) is 5.80. The summed E-state index contributed by atoms with van der Waals surface area (Å²) in [5.41, 5.74) is 1.21. The van der Waals surface area contributed by atoms with Gasteiger partial charge in [-0.15, -0.1) is 11.3 Å². The highest BCUT2D eigenvalue weighted by molar-refractivity contribution is 7.18. The molecule has 0 unspecified atom stereocenters. The third-order valence-electron chi connectivity index (χ3n) is 4.04. The normalized spacial score (nSPS) is 11.3. The minimum atomic E-state index is -0.150. The van der Waals surface area contributed by atoms with E-state index in [1.807, 2.05) is 39.2 Å². The van der Waals surface area contributed by atoms with E-state index in [0.717, 1.165) is 28.2 Å². The topological polar surface area (TPSA) is 71.7 Å². The highest BCUT2D eigenvalue weighted by Crippen LogP contribution is 2.26. The van der Waals surface area contributed by atoms with Gasteiger partial charge in [-0.25, -0.2) is 9.97 Å². The highest BCUT2D eigenvalue weighted by atomic mass is 32.1. The smallest absolute Gasteiger partial charge is 0.275 e. The molecule has 2 heterocycles. The first-order valence-electron chi connectivity index (χ1n) is 8.77. The lowest BCUT2D eigenvalue weighted by Gasteiger charge is -2.17. The average Bonchev–Trinajstić information content (AvgIpc) is 3.23. The van der Waals surface area contributed by atoms with E-state index in [4.69, 9.17) is 9.15 Å². The molecule has 144 valence electrons. The van der Waals surface area contributed by atoms with Gasteiger partial charge in [0.15, 0.2) is 12.3 Å². The summed E-state index contributed by atoms with van der Waals surface area (Å²) in [6.45, 7) is 3.74. The van der Waals surface area contributed by atoms with Gasteiger partial charge >= 0.3 is 0 Å². The average molecular weight is 388 g/mol. The van der Waals surface area contributed by atoms with Crippen LogP contribution < -0.4 is 4.74 Å². The lowest BCUT2D eigenvalue weighted by molar-refractivity contribution is 0.0784. The molecule has 0 saturated heterocycles. The van der Waals surface area contributed by atoms with Crippen LogP contribution in [0.25, 0.3) is 10.2 Å². The van der Waals surface area contributed by atoms with Crippen LogP contribution in [-0.4, -0.2) is 59.9 Å². The van der Waals surface area contributed by atoms with Crippen molar-refractivity contribution in [1.29, 1.82) is 0 Å². The maximum Gasteiger partial charge on any atom is 0.275 e. The molecule has 2 aromatic heterocycles. The molecule has 3 rings (SSSR count). The van der Waals surface area contributed by atoms with E-state index in [1.165, 1.54) is 6.26 Å². The number of nitrogens with zero attached hydrogens (tertiary/aromatic N) is 4. The van der Waals surface area contributed by atoms with Crippen LogP contribution >= 0.6 is 11.3 Å². The standard InChI is InChI=1S/C19H24N4O3S/c1-13-20-15-10-14(6-7-17(15)27-13)25-12-18-21-16(11-26-18)19(24)23(4)9-5-8-22(2)3/h6-7,10-11H,5,8-9,12H2,1-4H3. The molecule has 7 nitrogen and oxygen atoms in total. The molecule has 8 heteroatoms. The molecule has 0 aliphatic carbocycles. The second kappa shape index (κ2) is 8.49. The Kier molecular flexibility index (Phi) is 6.08. The van der Waals surface area contributed by atoms with Crippen molar-refractivity contribution in [1.82, 2.24) is 19.8 Å². The number of ether oxygens (including phenoxy) is 1. The van der Waals surface area contributed by atoms with Crippen LogP contribution in [0.3, 0.4) is 0 Å². The number of hydrogen-bond donors (Lipinski definition) is 0. The molecule has 0 aliphatic heterocycles. The maximum atomic E-state index is 12.4. The van der Waals surface area contributed by atoms with Gasteiger partial charge in [-0.1, -0.05) is 0 Å². The largest absolute Gasteiger partial charge is 0.484 e. The Morgan fingerprint density at radius 1 is 1.22 bits per heavy atom. The summed E-state index contributed by atoms with van der Waals surface area (Å²) in [5, 5.41) is 1.02. The quantitative estimate of drug-likeness (QED) is 0.590. The molecule has 1 aromatic carbocycles. The summed E-state index contributed by atoms with van der Waals surface area (Å²) in [5.74, 6) is 0.914. The zero-order chi connectivity index (χ0) is 19.4. The van der Waals surface area contributed by atoms with Crippen LogP contribution in [0.5, 0.6) is 5.75 Å². The Labute approximate surface area is 162 Å². The van der Waals surface area contributed by atoms with Gasteiger partial charge in [0.05, 0.1) is 15.2 Å². The van der Waals surface area contributed by atoms with Crippen molar-refractivity contribution in [3.05, 3.63) is 41.1 Å². The number of aryl methyl sites for hydroxylation is 1. The van der Waals surface area contributed by atoms with E-state index in [9.17, 15) is 4.79 Å². The van der Waals surface area contributed by atoms with Crippen LogP contribution in [0.15, 0.2) is 28.9 Å². The number of amides is 1. The molecule has 0 radical (unpaired) electrons. The number of carbonyl (C=O) groups is 1. The summed E-state index contributed by atoms with van der Waals surface area (Å²) in [4.78, 5) is 24.9. The zero-order valence-corrected chi connectivity index (χ0v) is 16.9. The van der Waals surface area contributed by atoms with Gasteiger partial charge in [-0.3, -0.25) is 4.79 Å². The Hall–Kier alpha value is -2.45. The lowest BCUT2D eigenvalue weighted by atomic mass is 10.3. The molecule has 0 fully saturated rings. The van der Waals surface area contributed by atoms with Crippen molar-refractivity contribution in [2.24, 2.45) is 0 Å². The van der Waals surface area contributed by atoms with E-state index in [1.54, 1.807) is 23.3 Å². The zero-order valence-electron chi connectivity index (χ0n) is 16.1. The summed E-state index contributed by atoms with van der Waals surface area (Å²) in [6.07, 6.45) is 2.29.